The van der Waals surface area contributed by atoms with Gasteiger partial charge in [0.05, 0.1) is 6.04 Å². The van der Waals surface area contributed by atoms with Crippen molar-refractivity contribution in [3.8, 4) is 0 Å². The number of carbonyl (C=O) groups is 2. The lowest BCUT2D eigenvalue weighted by Crippen LogP contribution is -2.52. The van der Waals surface area contributed by atoms with Crippen LogP contribution < -0.4 is 5.32 Å². The number of nitrogens with one attached hydrogen (secondary N) is 1. The third-order valence-electron chi connectivity index (χ3n) is 5.98. The van der Waals surface area contributed by atoms with E-state index in [1.807, 2.05) is 36.1 Å². The van der Waals surface area contributed by atoms with Crippen LogP contribution in [0.1, 0.15) is 35.2 Å². The van der Waals surface area contributed by atoms with Crippen LogP contribution in [-0.2, 0) is 4.79 Å². The second-order valence-corrected chi connectivity index (χ2v) is 7.64. The zero-order valence-corrected chi connectivity index (χ0v) is 14.3. The minimum Gasteiger partial charge on any atom is -0.353 e. The highest BCUT2D eigenvalue weighted by molar-refractivity contribution is 5.94. The summed E-state index contributed by atoms with van der Waals surface area (Å²) in [7, 11) is 0. The molecule has 1 spiro atoms. The first-order chi connectivity index (χ1) is 11.6. The molecule has 0 aromatic heterocycles. The van der Waals surface area contributed by atoms with Gasteiger partial charge in [-0.15, -0.1) is 0 Å². The number of amides is 2. The summed E-state index contributed by atoms with van der Waals surface area (Å²) in [5.41, 5.74) is 2.12. The van der Waals surface area contributed by atoms with E-state index in [0.29, 0.717) is 0 Å². The maximum atomic E-state index is 12.7. The number of carbonyl (C=O) groups excluding carboxylic acids is 2. The second kappa shape index (κ2) is 5.88. The lowest BCUT2D eigenvalue weighted by Gasteiger charge is -2.39. The molecule has 5 nitrogen and oxygen atoms in total. The molecule has 5 heteroatoms. The molecule has 4 rings (SSSR count). The molecule has 0 bridgehead atoms. The van der Waals surface area contributed by atoms with E-state index in [2.05, 4.69) is 10.2 Å². The molecule has 24 heavy (non-hydrogen) atoms. The average molecular weight is 327 g/mol. The van der Waals surface area contributed by atoms with Crippen LogP contribution in [0.25, 0.3) is 0 Å². The van der Waals surface area contributed by atoms with Crippen molar-refractivity contribution in [2.45, 2.75) is 32.2 Å². The minimum absolute atomic E-state index is 0.0535. The number of aryl methyl sites for hydroxylation is 1. The molecule has 1 N–H and O–H groups in total. The van der Waals surface area contributed by atoms with Crippen LogP contribution in [0.15, 0.2) is 24.3 Å². The zero-order chi connectivity index (χ0) is 16.7. The molecule has 3 heterocycles. The number of likely N-dealkylation sites (tertiary alicyclic amines) is 1. The lowest BCUT2D eigenvalue weighted by atomic mass is 9.76. The van der Waals surface area contributed by atoms with Crippen LogP contribution in [0.5, 0.6) is 0 Å². The molecule has 3 aliphatic rings. The first-order valence-electron chi connectivity index (χ1n) is 8.94. The summed E-state index contributed by atoms with van der Waals surface area (Å²) in [6, 6.07) is 7.88. The molecule has 2 amide bonds. The summed E-state index contributed by atoms with van der Waals surface area (Å²) in [6.07, 6.45) is 2.96. The van der Waals surface area contributed by atoms with Crippen molar-refractivity contribution in [3.63, 3.8) is 0 Å². The molecule has 128 valence electrons. The van der Waals surface area contributed by atoms with Crippen molar-refractivity contribution in [3.05, 3.63) is 35.4 Å². The standard InChI is InChI=1S/C19H25N3O2/c1-14-3-2-4-15(11-14)18(24)21-8-5-19(6-9-21)12-16-17(23)20-7-10-22(16)13-19/h2-4,11,16H,5-10,12-13H2,1H3,(H,20,23). The SMILES string of the molecule is Cc1cccc(C(=O)N2CCC3(CC2)CC2C(=O)NCCN2C3)c1. The predicted octanol–water partition coefficient (Wildman–Crippen LogP) is 1.42. The summed E-state index contributed by atoms with van der Waals surface area (Å²) in [4.78, 5) is 29.1. The van der Waals surface area contributed by atoms with Gasteiger partial charge in [0.2, 0.25) is 5.91 Å². The Morgan fingerprint density at radius 1 is 1.25 bits per heavy atom. The van der Waals surface area contributed by atoms with Gasteiger partial charge in [-0.25, -0.2) is 0 Å². The van der Waals surface area contributed by atoms with Gasteiger partial charge in [-0.3, -0.25) is 14.5 Å². The average Bonchev–Trinajstić information content (AvgIpc) is 2.94. The largest absolute Gasteiger partial charge is 0.353 e. The Morgan fingerprint density at radius 3 is 2.75 bits per heavy atom. The first kappa shape index (κ1) is 15.6. The van der Waals surface area contributed by atoms with Crippen LogP contribution in [0, 0.1) is 12.3 Å². The minimum atomic E-state index is 0.0535. The fourth-order valence-electron chi connectivity index (χ4n) is 4.59. The summed E-state index contributed by atoms with van der Waals surface area (Å²) in [5, 5.41) is 2.98. The number of piperidine rings is 1. The Bertz CT molecular complexity index is 664. The number of hydrogen-bond acceptors (Lipinski definition) is 3. The van der Waals surface area contributed by atoms with Crippen LogP contribution in [0.3, 0.4) is 0 Å². The molecular formula is C19H25N3O2. The van der Waals surface area contributed by atoms with E-state index in [9.17, 15) is 9.59 Å². The van der Waals surface area contributed by atoms with E-state index in [-0.39, 0.29) is 23.3 Å². The molecule has 1 aromatic carbocycles. The van der Waals surface area contributed by atoms with Crippen molar-refractivity contribution in [2.24, 2.45) is 5.41 Å². The number of hydrogen-bond donors (Lipinski definition) is 1. The third-order valence-corrected chi connectivity index (χ3v) is 5.98. The van der Waals surface area contributed by atoms with Gasteiger partial charge in [-0.2, -0.15) is 0 Å². The third kappa shape index (κ3) is 2.71. The Kier molecular flexibility index (Phi) is 3.83. The van der Waals surface area contributed by atoms with Crippen molar-refractivity contribution in [2.75, 3.05) is 32.7 Å². The van der Waals surface area contributed by atoms with Gasteiger partial charge in [0.25, 0.3) is 5.91 Å². The number of piperazine rings is 1. The number of rotatable bonds is 1. The maximum Gasteiger partial charge on any atom is 0.253 e. The summed E-state index contributed by atoms with van der Waals surface area (Å²) >= 11 is 0. The van der Waals surface area contributed by atoms with Gasteiger partial charge in [-0.05, 0) is 43.7 Å². The highest BCUT2D eigenvalue weighted by Gasteiger charge is 2.49. The zero-order valence-electron chi connectivity index (χ0n) is 14.3. The van der Waals surface area contributed by atoms with Crippen LogP contribution in [0.2, 0.25) is 0 Å². The van der Waals surface area contributed by atoms with Crippen LogP contribution >= 0.6 is 0 Å². The Balaban J connectivity index is 1.42. The van der Waals surface area contributed by atoms with Gasteiger partial charge >= 0.3 is 0 Å². The Hall–Kier alpha value is -1.88. The van der Waals surface area contributed by atoms with Crippen molar-refractivity contribution in [1.29, 1.82) is 0 Å². The smallest absolute Gasteiger partial charge is 0.253 e. The van der Waals surface area contributed by atoms with E-state index < -0.39 is 0 Å². The number of benzene rings is 1. The van der Waals surface area contributed by atoms with Crippen LogP contribution in [-0.4, -0.2) is 60.4 Å². The quantitative estimate of drug-likeness (QED) is 0.849. The molecule has 1 aromatic rings. The summed E-state index contributed by atoms with van der Waals surface area (Å²) in [6.45, 7) is 6.36. The lowest BCUT2D eigenvalue weighted by molar-refractivity contribution is -0.127. The Labute approximate surface area is 143 Å². The summed E-state index contributed by atoms with van der Waals surface area (Å²) < 4.78 is 0. The van der Waals surface area contributed by atoms with Crippen LogP contribution in [0.4, 0.5) is 0 Å². The maximum absolute atomic E-state index is 12.7. The van der Waals surface area contributed by atoms with E-state index in [4.69, 9.17) is 0 Å². The van der Waals surface area contributed by atoms with E-state index in [1.165, 1.54) is 0 Å². The van der Waals surface area contributed by atoms with Gasteiger partial charge < -0.3 is 10.2 Å². The fraction of sp³-hybridized carbons (Fsp3) is 0.579. The van der Waals surface area contributed by atoms with E-state index in [1.54, 1.807) is 0 Å². The molecular weight excluding hydrogens is 302 g/mol. The fourth-order valence-corrected chi connectivity index (χ4v) is 4.59. The van der Waals surface area contributed by atoms with Gasteiger partial charge in [0.1, 0.15) is 0 Å². The van der Waals surface area contributed by atoms with Crippen molar-refractivity contribution in [1.82, 2.24) is 15.1 Å². The molecule has 1 atom stereocenters. The molecule has 3 fully saturated rings. The molecule has 1 unspecified atom stereocenters. The highest BCUT2D eigenvalue weighted by Crippen LogP contribution is 2.44. The van der Waals surface area contributed by atoms with E-state index >= 15 is 0 Å². The monoisotopic (exact) mass is 327 g/mol. The van der Waals surface area contributed by atoms with Gasteiger partial charge in [-0.1, -0.05) is 17.7 Å². The van der Waals surface area contributed by atoms with Crippen molar-refractivity contribution < 1.29 is 9.59 Å². The van der Waals surface area contributed by atoms with Gasteiger partial charge in [0, 0.05) is 38.3 Å². The molecule has 0 aliphatic carbocycles. The first-order valence-corrected chi connectivity index (χ1v) is 8.94. The van der Waals surface area contributed by atoms with Gasteiger partial charge in [0.15, 0.2) is 0 Å². The van der Waals surface area contributed by atoms with Crippen molar-refractivity contribution >= 4 is 11.8 Å². The second-order valence-electron chi connectivity index (χ2n) is 7.64. The molecule has 3 aliphatic heterocycles. The molecule has 0 radical (unpaired) electrons. The number of nitrogens with zero attached hydrogens (tertiary/aromatic N) is 2. The molecule has 0 saturated carbocycles. The Morgan fingerprint density at radius 2 is 2.04 bits per heavy atom. The summed E-state index contributed by atoms with van der Waals surface area (Å²) in [5.74, 6) is 0.332. The highest BCUT2D eigenvalue weighted by atomic mass is 16.2. The normalized spacial score (nSPS) is 26.3. The number of fused-ring (bicyclic) bond motifs is 1. The van der Waals surface area contributed by atoms with E-state index in [0.717, 1.165) is 63.1 Å². The predicted molar refractivity (Wildman–Crippen MR) is 91.7 cm³/mol. The topological polar surface area (TPSA) is 52.7 Å². The molecule has 3 saturated heterocycles.